The standard InChI is InChI=1S/C14H25ClO2/c1-2-3-4-5-8-16-10-12-11(9-15)13-6-7-14(12)17-13/h11-14H,2-10H2,1H3. The van der Waals surface area contributed by atoms with Crippen molar-refractivity contribution in [3.05, 3.63) is 0 Å². The molecule has 2 aliphatic heterocycles. The van der Waals surface area contributed by atoms with Crippen LogP contribution in [-0.2, 0) is 9.47 Å². The minimum atomic E-state index is 0.422. The molecule has 3 heteroatoms. The molecule has 100 valence electrons. The molecule has 4 unspecified atom stereocenters. The van der Waals surface area contributed by atoms with Crippen LogP contribution in [-0.4, -0.2) is 31.3 Å². The van der Waals surface area contributed by atoms with Gasteiger partial charge >= 0.3 is 0 Å². The lowest BCUT2D eigenvalue weighted by Crippen LogP contribution is -2.32. The molecule has 0 saturated carbocycles. The van der Waals surface area contributed by atoms with Gasteiger partial charge < -0.3 is 9.47 Å². The van der Waals surface area contributed by atoms with Crippen LogP contribution < -0.4 is 0 Å². The Labute approximate surface area is 110 Å². The van der Waals surface area contributed by atoms with Crippen LogP contribution in [0.15, 0.2) is 0 Å². The molecule has 2 aliphatic rings. The first-order chi connectivity index (χ1) is 8.36. The molecule has 2 fully saturated rings. The Balaban J connectivity index is 1.62. The van der Waals surface area contributed by atoms with Gasteiger partial charge in [-0.2, -0.15) is 0 Å². The fourth-order valence-corrected chi connectivity index (χ4v) is 3.59. The van der Waals surface area contributed by atoms with Crippen molar-refractivity contribution >= 4 is 11.6 Å². The maximum Gasteiger partial charge on any atom is 0.0634 e. The Morgan fingerprint density at radius 3 is 2.59 bits per heavy atom. The van der Waals surface area contributed by atoms with Gasteiger partial charge in [-0.15, -0.1) is 11.6 Å². The number of fused-ring (bicyclic) bond motifs is 2. The number of ether oxygens (including phenoxy) is 2. The van der Waals surface area contributed by atoms with Crippen LogP contribution in [0.3, 0.4) is 0 Å². The maximum absolute atomic E-state index is 6.04. The zero-order chi connectivity index (χ0) is 12.1. The van der Waals surface area contributed by atoms with Gasteiger partial charge in [0.25, 0.3) is 0 Å². The number of halogens is 1. The van der Waals surface area contributed by atoms with Gasteiger partial charge in [0.05, 0.1) is 18.8 Å². The van der Waals surface area contributed by atoms with Gasteiger partial charge in [-0.05, 0) is 19.3 Å². The zero-order valence-corrected chi connectivity index (χ0v) is 11.6. The summed E-state index contributed by atoms with van der Waals surface area (Å²) in [6.07, 6.45) is 8.37. The van der Waals surface area contributed by atoms with Crippen molar-refractivity contribution in [2.75, 3.05) is 19.1 Å². The molecule has 2 nitrogen and oxygen atoms in total. The first-order valence-corrected chi connectivity index (χ1v) is 7.69. The Morgan fingerprint density at radius 1 is 1.12 bits per heavy atom. The molecule has 0 aromatic heterocycles. The predicted molar refractivity (Wildman–Crippen MR) is 70.6 cm³/mol. The second-order valence-corrected chi connectivity index (χ2v) is 5.72. The molecule has 0 aromatic carbocycles. The predicted octanol–water partition coefficient (Wildman–Crippen LogP) is 3.62. The molecule has 2 rings (SSSR count). The van der Waals surface area contributed by atoms with E-state index in [4.69, 9.17) is 21.1 Å². The zero-order valence-electron chi connectivity index (χ0n) is 10.9. The molecule has 2 saturated heterocycles. The monoisotopic (exact) mass is 260 g/mol. The second kappa shape index (κ2) is 6.96. The van der Waals surface area contributed by atoms with E-state index in [-0.39, 0.29) is 0 Å². The highest BCUT2D eigenvalue weighted by molar-refractivity contribution is 6.18. The quantitative estimate of drug-likeness (QED) is 0.490. The largest absolute Gasteiger partial charge is 0.381 e. The molecular formula is C14H25ClO2. The molecule has 0 aliphatic carbocycles. The van der Waals surface area contributed by atoms with E-state index in [1.165, 1.54) is 38.5 Å². The smallest absolute Gasteiger partial charge is 0.0634 e. The molecule has 0 aromatic rings. The lowest BCUT2D eigenvalue weighted by molar-refractivity contribution is 0.0484. The number of hydrogen-bond donors (Lipinski definition) is 0. The highest BCUT2D eigenvalue weighted by Crippen LogP contribution is 2.43. The van der Waals surface area contributed by atoms with E-state index in [2.05, 4.69) is 6.92 Å². The summed E-state index contributed by atoms with van der Waals surface area (Å²) in [5, 5.41) is 0. The normalized spacial score (nSPS) is 35.6. The lowest BCUT2D eigenvalue weighted by atomic mass is 9.81. The van der Waals surface area contributed by atoms with Crippen molar-refractivity contribution in [3.8, 4) is 0 Å². The summed E-state index contributed by atoms with van der Waals surface area (Å²) in [6.45, 7) is 3.99. The minimum Gasteiger partial charge on any atom is -0.381 e. The fourth-order valence-electron chi connectivity index (χ4n) is 3.17. The number of unbranched alkanes of at least 4 members (excludes halogenated alkanes) is 3. The summed E-state index contributed by atoms with van der Waals surface area (Å²) in [6, 6.07) is 0. The van der Waals surface area contributed by atoms with Gasteiger partial charge in [-0.1, -0.05) is 26.2 Å². The highest BCUT2D eigenvalue weighted by atomic mass is 35.5. The van der Waals surface area contributed by atoms with Crippen molar-refractivity contribution in [3.63, 3.8) is 0 Å². The molecule has 0 N–H and O–H groups in total. The molecule has 17 heavy (non-hydrogen) atoms. The van der Waals surface area contributed by atoms with E-state index in [0.717, 1.165) is 19.1 Å². The average molecular weight is 261 g/mol. The summed E-state index contributed by atoms with van der Waals surface area (Å²) >= 11 is 6.04. The van der Waals surface area contributed by atoms with Crippen molar-refractivity contribution in [2.24, 2.45) is 11.8 Å². The van der Waals surface area contributed by atoms with Gasteiger partial charge in [0.1, 0.15) is 0 Å². The summed E-state index contributed by atoms with van der Waals surface area (Å²) in [7, 11) is 0. The fraction of sp³-hybridized carbons (Fsp3) is 1.00. The van der Waals surface area contributed by atoms with E-state index in [1.807, 2.05) is 0 Å². The van der Waals surface area contributed by atoms with Gasteiger partial charge in [0, 0.05) is 24.3 Å². The molecule has 0 spiro atoms. The van der Waals surface area contributed by atoms with Crippen molar-refractivity contribution in [1.82, 2.24) is 0 Å². The second-order valence-electron chi connectivity index (χ2n) is 5.41. The van der Waals surface area contributed by atoms with Crippen LogP contribution in [0.4, 0.5) is 0 Å². The van der Waals surface area contributed by atoms with Crippen LogP contribution in [0.1, 0.15) is 45.4 Å². The third-order valence-electron chi connectivity index (χ3n) is 4.22. The van der Waals surface area contributed by atoms with Crippen LogP contribution in [0.2, 0.25) is 0 Å². The van der Waals surface area contributed by atoms with Crippen molar-refractivity contribution in [1.29, 1.82) is 0 Å². The first kappa shape index (κ1) is 13.6. The van der Waals surface area contributed by atoms with E-state index in [9.17, 15) is 0 Å². The van der Waals surface area contributed by atoms with E-state index in [0.29, 0.717) is 24.0 Å². The third kappa shape index (κ3) is 3.36. The van der Waals surface area contributed by atoms with E-state index >= 15 is 0 Å². The Hall–Kier alpha value is 0.210. The molecule has 4 atom stereocenters. The van der Waals surface area contributed by atoms with Gasteiger partial charge in [0.15, 0.2) is 0 Å². The van der Waals surface area contributed by atoms with Crippen molar-refractivity contribution < 1.29 is 9.47 Å². The van der Waals surface area contributed by atoms with Crippen LogP contribution in [0.25, 0.3) is 0 Å². The van der Waals surface area contributed by atoms with Gasteiger partial charge in [-0.25, -0.2) is 0 Å². The summed E-state index contributed by atoms with van der Waals surface area (Å²) in [4.78, 5) is 0. The van der Waals surface area contributed by atoms with Crippen molar-refractivity contribution in [2.45, 2.75) is 57.7 Å². The van der Waals surface area contributed by atoms with E-state index < -0.39 is 0 Å². The number of alkyl halides is 1. The molecule has 2 bridgehead atoms. The average Bonchev–Trinajstić information content (AvgIpc) is 2.93. The number of rotatable bonds is 8. The highest BCUT2D eigenvalue weighted by Gasteiger charge is 2.48. The molecule has 2 heterocycles. The Morgan fingerprint density at radius 2 is 1.88 bits per heavy atom. The van der Waals surface area contributed by atoms with Crippen LogP contribution in [0, 0.1) is 11.8 Å². The molecular weight excluding hydrogens is 236 g/mol. The Bertz CT molecular complexity index is 222. The minimum absolute atomic E-state index is 0.422. The third-order valence-corrected chi connectivity index (χ3v) is 4.58. The lowest BCUT2D eigenvalue weighted by Gasteiger charge is -2.26. The maximum atomic E-state index is 6.04. The van der Waals surface area contributed by atoms with Crippen LogP contribution in [0.5, 0.6) is 0 Å². The van der Waals surface area contributed by atoms with Gasteiger partial charge in [0.2, 0.25) is 0 Å². The SMILES string of the molecule is CCCCCCOCC1C2CCC(O2)C1CCl. The van der Waals surface area contributed by atoms with Gasteiger partial charge in [-0.3, -0.25) is 0 Å². The first-order valence-electron chi connectivity index (χ1n) is 7.16. The van der Waals surface area contributed by atoms with E-state index in [1.54, 1.807) is 0 Å². The summed E-state index contributed by atoms with van der Waals surface area (Å²) < 4.78 is 11.7. The molecule has 0 radical (unpaired) electrons. The molecule has 0 amide bonds. The number of hydrogen-bond acceptors (Lipinski definition) is 2. The van der Waals surface area contributed by atoms with Crippen LogP contribution >= 0.6 is 11.6 Å². The Kier molecular flexibility index (Phi) is 5.58. The summed E-state index contributed by atoms with van der Waals surface area (Å²) in [5.74, 6) is 1.81. The topological polar surface area (TPSA) is 18.5 Å². The summed E-state index contributed by atoms with van der Waals surface area (Å²) in [5.41, 5.74) is 0.